The van der Waals surface area contributed by atoms with Crippen LogP contribution in [0.15, 0.2) is 40.8 Å². The maximum absolute atomic E-state index is 12.7. The molecule has 0 aromatic heterocycles. The van der Waals surface area contributed by atoms with Crippen molar-refractivity contribution in [2.24, 2.45) is 5.92 Å². The first-order valence-electron chi connectivity index (χ1n) is 23.5. The topological polar surface area (TPSA) is 59.5 Å². The van der Waals surface area contributed by atoms with Crippen molar-refractivity contribution in [1.29, 1.82) is 0 Å². The Labute approximate surface area is 337 Å². The molecule has 0 amide bonds. The van der Waals surface area contributed by atoms with Crippen LogP contribution in [0.25, 0.3) is 22.3 Å². The minimum absolute atomic E-state index is 0.466. The summed E-state index contributed by atoms with van der Waals surface area (Å²) in [7, 11) is 0. The van der Waals surface area contributed by atoms with Crippen molar-refractivity contribution in [2.45, 2.75) is 202 Å². The number of hydrogen-bond donors (Lipinski definition) is 0. The largest absolute Gasteiger partial charge is 0.550 e. The minimum Gasteiger partial charge on any atom is -0.550 e. The van der Waals surface area contributed by atoms with E-state index in [1.807, 2.05) is 0 Å². The second kappa shape index (κ2) is 28.6. The third-order valence-corrected chi connectivity index (χ3v) is 11.8. The molecule has 0 radical (unpaired) electrons. The Kier molecular flexibility index (Phi) is 24.2. The van der Waals surface area contributed by atoms with Crippen LogP contribution in [0.3, 0.4) is 0 Å². The smallest absolute Gasteiger partial charge is 0.203 e. The molecular weight excluding hydrogens is 677 g/mol. The third kappa shape index (κ3) is 17.1. The zero-order valence-corrected chi connectivity index (χ0v) is 36.4. The van der Waals surface area contributed by atoms with Crippen LogP contribution in [0.1, 0.15) is 201 Å². The van der Waals surface area contributed by atoms with Crippen molar-refractivity contribution in [2.75, 3.05) is 31.1 Å². The van der Waals surface area contributed by atoms with Crippen LogP contribution < -0.4 is 19.9 Å². The van der Waals surface area contributed by atoms with Crippen LogP contribution in [0.5, 0.6) is 0 Å². The second-order valence-corrected chi connectivity index (χ2v) is 16.6. The van der Waals surface area contributed by atoms with Crippen molar-refractivity contribution < 1.29 is 14.3 Å². The van der Waals surface area contributed by atoms with Gasteiger partial charge >= 0.3 is 0 Å². The number of benzene rings is 2. The molecule has 2 aliphatic rings. The number of carbonyl (C=O) groups is 1. The molecule has 0 fully saturated rings. The van der Waals surface area contributed by atoms with Gasteiger partial charge in [-0.1, -0.05) is 163 Å². The monoisotopic (exact) mass is 759 g/mol. The average Bonchev–Trinajstić information content (AvgIpc) is 3.19. The fourth-order valence-corrected chi connectivity index (χ4v) is 8.19. The minimum atomic E-state index is -0.924. The molecule has 1 unspecified atom stereocenters. The van der Waals surface area contributed by atoms with Crippen molar-refractivity contribution >= 4 is 22.6 Å². The van der Waals surface area contributed by atoms with Crippen LogP contribution in [0.4, 0.5) is 5.69 Å². The van der Waals surface area contributed by atoms with E-state index < -0.39 is 11.9 Å². The van der Waals surface area contributed by atoms with E-state index in [9.17, 15) is 9.90 Å². The number of carbonyl (C=O) groups excluding carboxylic acids is 1. The summed E-state index contributed by atoms with van der Waals surface area (Å²) in [5.41, 5.74) is 4.16. The summed E-state index contributed by atoms with van der Waals surface area (Å²) in [6, 6.07) is 13.3. The Balaban J connectivity index is 1.73. The highest BCUT2D eigenvalue weighted by molar-refractivity contribution is 5.90. The molecule has 1 heterocycles. The summed E-state index contributed by atoms with van der Waals surface area (Å²) in [4.78, 5) is 15.2. The molecule has 3 rings (SSSR count). The Bertz CT molecular complexity index is 1470. The standard InChI is InChI=1S/C50H82N2O3/c1-6-11-16-17-18-19-20-21-22-23-24-25-26-27-28-29-30-42(50(53)54)39-47-45-33-31-43(51(35-12-7-2)36-13-8-3)40-48(45)55-49-41-44(32-34-46(47)49)52(37-14-9-4)38-15-10-5/h31-34,40-42H,6-30,35-39H2,1-5H3. The Morgan fingerprint density at radius 1 is 0.618 bits per heavy atom. The Morgan fingerprint density at radius 3 is 1.64 bits per heavy atom. The molecule has 0 N–H and O–H groups in total. The molecule has 1 aromatic carbocycles. The fourth-order valence-electron chi connectivity index (χ4n) is 8.19. The van der Waals surface area contributed by atoms with Crippen molar-refractivity contribution in [1.82, 2.24) is 4.58 Å². The van der Waals surface area contributed by atoms with Gasteiger partial charge in [-0.3, -0.25) is 0 Å². The molecular formula is C50H82N2O3. The van der Waals surface area contributed by atoms with Gasteiger partial charge in [-0.25, -0.2) is 4.58 Å². The lowest BCUT2D eigenvalue weighted by atomic mass is 9.88. The number of hydrogen-bond acceptors (Lipinski definition) is 4. The van der Waals surface area contributed by atoms with E-state index in [4.69, 9.17) is 4.42 Å². The highest BCUT2D eigenvalue weighted by atomic mass is 16.4. The van der Waals surface area contributed by atoms with Crippen LogP contribution in [-0.2, 0) is 11.2 Å². The molecule has 0 spiro atoms. The molecule has 1 aliphatic heterocycles. The van der Waals surface area contributed by atoms with Gasteiger partial charge in [0.2, 0.25) is 5.36 Å². The first-order chi connectivity index (χ1) is 27.0. The summed E-state index contributed by atoms with van der Waals surface area (Å²) in [5, 5.41) is 14.9. The zero-order chi connectivity index (χ0) is 39.5. The van der Waals surface area contributed by atoms with Crippen LogP contribution in [0.2, 0.25) is 0 Å². The number of aliphatic carboxylic acids is 1. The summed E-state index contributed by atoms with van der Waals surface area (Å²) >= 11 is 0. The highest BCUT2D eigenvalue weighted by Crippen LogP contribution is 2.37. The first-order valence-corrected chi connectivity index (χ1v) is 23.5. The lowest BCUT2D eigenvalue weighted by molar-refractivity contribution is -0.311. The second-order valence-electron chi connectivity index (χ2n) is 16.6. The van der Waals surface area contributed by atoms with E-state index in [-0.39, 0.29) is 0 Å². The SMILES string of the molecule is CCCCCCCCCCCCCCCCCCC(Cc1c2ccc(=[N+](CCCC)CCCC)cc-2oc2cc(N(CCCC)CCCC)ccc12)C(=O)[O-]. The molecule has 5 heteroatoms. The van der Waals surface area contributed by atoms with Crippen LogP contribution in [-0.4, -0.2) is 32.1 Å². The number of carboxylic acids is 1. The first kappa shape index (κ1) is 46.6. The number of fused-ring (bicyclic) bond motifs is 2. The van der Waals surface area contributed by atoms with Gasteiger partial charge in [-0.2, -0.15) is 0 Å². The lowest BCUT2D eigenvalue weighted by Gasteiger charge is -2.26. The normalized spacial score (nSPS) is 12.2. The van der Waals surface area contributed by atoms with Gasteiger partial charge in [0.05, 0.1) is 6.07 Å². The molecule has 0 bridgehead atoms. The summed E-state index contributed by atoms with van der Waals surface area (Å²) in [6.07, 6.45) is 31.5. The van der Waals surface area contributed by atoms with Crippen molar-refractivity contribution in [3.05, 3.63) is 47.3 Å². The van der Waals surface area contributed by atoms with Crippen molar-refractivity contribution in [3.8, 4) is 11.3 Å². The Morgan fingerprint density at radius 2 is 1.13 bits per heavy atom. The fraction of sp³-hybridized carbons (Fsp3) is 0.720. The van der Waals surface area contributed by atoms with Gasteiger partial charge < -0.3 is 19.2 Å². The molecule has 0 saturated heterocycles. The van der Waals surface area contributed by atoms with E-state index >= 15 is 0 Å². The summed E-state index contributed by atoms with van der Waals surface area (Å²) in [6.45, 7) is 15.4. The number of anilines is 1. The summed E-state index contributed by atoms with van der Waals surface area (Å²) < 4.78 is 9.31. The van der Waals surface area contributed by atoms with Gasteiger partial charge in [0.1, 0.15) is 24.4 Å². The molecule has 0 saturated carbocycles. The number of carboxylic acid groups (broad SMARTS) is 1. The maximum atomic E-state index is 12.7. The molecule has 5 nitrogen and oxygen atoms in total. The van der Waals surface area contributed by atoms with E-state index in [0.29, 0.717) is 12.8 Å². The van der Waals surface area contributed by atoms with Crippen LogP contribution >= 0.6 is 0 Å². The van der Waals surface area contributed by atoms with Gasteiger partial charge in [-0.05, 0) is 49.4 Å². The molecule has 55 heavy (non-hydrogen) atoms. The van der Waals surface area contributed by atoms with Gasteiger partial charge in [0.25, 0.3) is 0 Å². The maximum Gasteiger partial charge on any atom is 0.203 e. The van der Waals surface area contributed by atoms with E-state index in [0.717, 1.165) is 118 Å². The average molecular weight is 759 g/mol. The quantitative estimate of drug-likeness (QED) is 0.0352. The van der Waals surface area contributed by atoms with Crippen molar-refractivity contribution in [3.63, 3.8) is 0 Å². The Hall–Kier alpha value is -2.82. The molecule has 1 atom stereocenters. The predicted octanol–water partition coefficient (Wildman–Crippen LogP) is 12.9. The molecule has 1 aromatic rings. The predicted molar refractivity (Wildman–Crippen MR) is 236 cm³/mol. The van der Waals surface area contributed by atoms with Gasteiger partial charge in [0, 0.05) is 66.6 Å². The van der Waals surface area contributed by atoms with Crippen LogP contribution in [0, 0.1) is 5.92 Å². The van der Waals surface area contributed by atoms with E-state index in [1.54, 1.807) is 0 Å². The number of rotatable bonds is 33. The van der Waals surface area contributed by atoms with Gasteiger partial charge in [-0.15, -0.1) is 0 Å². The van der Waals surface area contributed by atoms with Gasteiger partial charge in [0.15, 0.2) is 0 Å². The summed E-state index contributed by atoms with van der Waals surface area (Å²) in [5.74, 6) is -0.591. The number of unbranched alkanes of at least 4 members (excludes halogenated alkanes) is 19. The number of nitrogens with zero attached hydrogens (tertiary/aromatic N) is 2. The zero-order valence-electron chi connectivity index (χ0n) is 36.4. The molecule has 1 aliphatic carbocycles. The lowest BCUT2D eigenvalue weighted by Crippen LogP contribution is -2.33. The highest BCUT2D eigenvalue weighted by Gasteiger charge is 2.22. The molecule has 310 valence electrons. The van der Waals surface area contributed by atoms with E-state index in [1.165, 1.54) is 101 Å². The third-order valence-electron chi connectivity index (χ3n) is 11.8. The van der Waals surface area contributed by atoms with E-state index in [2.05, 4.69) is 80.5 Å².